The van der Waals surface area contributed by atoms with Crippen molar-refractivity contribution in [1.29, 1.82) is 0 Å². The number of nitrogens with two attached hydrogens (primary N) is 1. The predicted molar refractivity (Wildman–Crippen MR) is 78.7 cm³/mol. The molecular formula is C14H19N3OS. The first-order valence-corrected chi connectivity index (χ1v) is 7.01. The molecule has 0 radical (unpaired) electrons. The lowest BCUT2D eigenvalue weighted by Gasteiger charge is -2.12. The molecule has 0 bridgehead atoms. The van der Waals surface area contributed by atoms with E-state index in [0.29, 0.717) is 5.69 Å². The molecular weight excluding hydrogens is 258 g/mol. The van der Waals surface area contributed by atoms with Crippen LogP contribution in [0.25, 0.3) is 0 Å². The van der Waals surface area contributed by atoms with Gasteiger partial charge >= 0.3 is 0 Å². The van der Waals surface area contributed by atoms with Gasteiger partial charge in [0.1, 0.15) is 5.75 Å². The zero-order chi connectivity index (χ0) is 14.0. The highest BCUT2D eigenvalue weighted by Gasteiger charge is 2.07. The molecule has 2 aromatic rings. The van der Waals surface area contributed by atoms with Crippen LogP contribution in [0.2, 0.25) is 0 Å². The molecule has 102 valence electrons. The Bertz CT molecular complexity index is 578. The maximum Gasteiger partial charge on any atom is 0.122 e. The maximum atomic E-state index is 5.92. The second kappa shape index (κ2) is 5.57. The second-order valence-corrected chi connectivity index (χ2v) is 5.85. The molecule has 0 aliphatic rings. The van der Waals surface area contributed by atoms with Gasteiger partial charge in [-0.3, -0.25) is 4.68 Å². The van der Waals surface area contributed by atoms with Crippen LogP contribution in [0.4, 0.5) is 5.69 Å². The highest BCUT2D eigenvalue weighted by Crippen LogP contribution is 2.32. The number of hydrogen-bond acceptors (Lipinski definition) is 4. The van der Waals surface area contributed by atoms with E-state index in [2.05, 4.69) is 11.2 Å². The minimum Gasteiger partial charge on any atom is -0.491 e. The molecule has 5 heteroatoms. The third-order valence-corrected chi connectivity index (χ3v) is 3.52. The lowest BCUT2D eigenvalue weighted by molar-refractivity contribution is 0.242. The van der Waals surface area contributed by atoms with E-state index in [4.69, 9.17) is 10.5 Å². The maximum absolute atomic E-state index is 5.92. The molecule has 1 aromatic heterocycles. The number of aromatic nitrogens is 2. The van der Waals surface area contributed by atoms with Gasteiger partial charge in [-0.25, -0.2) is 0 Å². The Morgan fingerprint density at radius 2 is 2.00 bits per heavy atom. The van der Waals surface area contributed by atoms with Gasteiger partial charge in [0.05, 0.1) is 16.8 Å². The Balaban J connectivity index is 2.25. The molecule has 0 fully saturated rings. The van der Waals surface area contributed by atoms with Gasteiger partial charge in [0, 0.05) is 23.7 Å². The zero-order valence-corrected chi connectivity index (χ0v) is 12.5. The van der Waals surface area contributed by atoms with E-state index < -0.39 is 0 Å². The fraction of sp³-hybridized carbons (Fsp3) is 0.357. The van der Waals surface area contributed by atoms with E-state index >= 15 is 0 Å². The van der Waals surface area contributed by atoms with Gasteiger partial charge in [-0.2, -0.15) is 5.10 Å². The second-order valence-electron chi connectivity index (χ2n) is 4.75. The Kier molecular flexibility index (Phi) is 4.04. The Morgan fingerprint density at radius 1 is 1.26 bits per heavy atom. The topological polar surface area (TPSA) is 53.1 Å². The summed E-state index contributed by atoms with van der Waals surface area (Å²) in [7, 11) is 1.94. The molecule has 0 amide bonds. The average molecular weight is 277 g/mol. The van der Waals surface area contributed by atoms with Crippen LogP contribution in [0.3, 0.4) is 0 Å². The molecule has 0 atom stereocenters. The monoisotopic (exact) mass is 277 g/mol. The lowest BCUT2D eigenvalue weighted by Crippen LogP contribution is -2.05. The molecule has 0 saturated carbocycles. The van der Waals surface area contributed by atoms with E-state index in [0.717, 1.165) is 21.4 Å². The van der Waals surface area contributed by atoms with Gasteiger partial charge in [0.2, 0.25) is 0 Å². The molecule has 1 heterocycles. The van der Waals surface area contributed by atoms with Gasteiger partial charge in [-0.1, -0.05) is 11.8 Å². The number of hydrogen-bond donors (Lipinski definition) is 1. The third kappa shape index (κ3) is 3.67. The summed E-state index contributed by atoms with van der Waals surface area (Å²) in [5, 5.41) is 5.42. The number of aryl methyl sites for hydroxylation is 2. The van der Waals surface area contributed by atoms with Crippen molar-refractivity contribution in [1.82, 2.24) is 9.78 Å². The van der Waals surface area contributed by atoms with Crippen LogP contribution in [-0.4, -0.2) is 15.9 Å². The minimum atomic E-state index is 0.138. The van der Waals surface area contributed by atoms with Crippen LogP contribution in [0.5, 0.6) is 5.75 Å². The van der Waals surface area contributed by atoms with Crippen LogP contribution < -0.4 is 10.5 Å². The summed E-state index contributed by atoms with van der Waals surface area (Å²) in [6, 6.07) is 7.85. The normalized spacial score (nSPS) is 11.0. The first kappa shape index (κ1) is 13.8. The van der Waals surface area contributed by atoms with Crippen LogP contribution in [0, 0.1) is 6.92 Å². The quantitative estimate of drug-likeness (QED) is 0.872. The minimum absolute atomic E-state index is 0.138. The van der Waals surface area contributed by atoms with E-state index in [9.17, 15) is 0 Å². The van der Waals surface area contributed by atoms with Gasteiger partial charge in [-0.15, -0.1) is 0 Å². The largest absolute Gasteiger partial charge is 0.491 e. The fourth-order valence-electron chi connectivity index (χ4n) is 1.80. The van der Waals surface area contributed by atoms with Crippen molar-refractivity contribution in [3.8, 4) is 5.75 Å². The molecule has 0 saturated heterocycles. The first-order valence-electron chi connectivity index (χ1n) is 6.20. The zero-order valence-electron chi connectivity index (χ0n) is 11.7. The van der Waals surface area contributed by atoms with Crippen LogP contribution in [0.15, 0.2) is 34.2 Å². The van der Waals surface area contributed by atoms with Crippen molar-refractivity contribution in [3.63, 3.8) is 0 Å². The molecule has 2 N–H and O–H groups in total. The summed E-state index contributed by atoms with van der Waals surface area (Å²) < 4.78 is 7.56. The van der Waals surface area contributed by atoms with E-state index in [1.165, 1.54) is 0 Å². The number of nitrogens with zero attached hydrogens (tertiary/aromatic N) is 2. The molecule has 0 aliphatic carbocycles. The highest BCUT2D eigenvalue weighted by atomic mass is 32.2. The summed E-state index contributed by atoms with van der Waals surface area (Å²) in [6.07, 6.45) is 0.138. The van der Waals surface area contributed by atoms with Crippen molar-refractivity contribution >= 4 is 17.4 Å². The van der Waals surface area contributed by atoms with Crippen LogP contribution in [-0.2, 0) is 7.05 Å². The number of ether oxygens (including phenoxy) is 1. The molecule has 0 aliphatic heterocycles. The van der Waals surface area contributed by atoms with E-state index in [1.807, 2.05) is 50.7 Å². The van der Waals surface area contributed by atoms with Crippen molar-refractivity contribution < 1.29 is 4.74 Å². The van der Waals surface area contributed by atoms with Crippen LogP contribution in [0.1, 0.15) is 19.5 Å². The van der Waals surface area contributed by atoms with Crippen molar-refractivity contribution in [2.45, 2.75) is 36.8 Å². The molecule has 2 rings (SSSR count). The predicted octanol–water partition coefficient (Wildman–Crippen LogP) is 3.25. The standard InChI is InChI=1S/C14H19N3OS/c1-9(2)18-12-6-11(15)7-13(8-12)19-14-5-10(3)16-17(14)4/h5-9H,15H2,1-4H3. The lowest BCUT2D eigenvalue weighted by atomic mass is 10.3. The number of anilines is 1. The van der Waals surface area contributed by atoms with Gasteiger partial charge in [0.25, 0.3) is 0 Å². The Hall–Kier alpha value is -1.62. The summed E-state index contributed by atoms with van der Waals surface area (Å²) in [5.74, 6) is 0.802. The highest BCUT2D eigenvalue weighted by molar-refractivity contribution is 7.99. The number of rotatable bonds is 4. The summed E-state index contributed by atoms with van der Waals surface area (Å²) in [5.41, 5.74) is 7.63. The van der Waals surface area contributed by atoms with E-state index in [1.54, 1.807) is 11.8 Å². The van der Waals surface area contributed by atoms with Crippen LogP contribution >= 0.6 is 11.8 Å². The van der Waals surface area contributed by atoms with Gasteiger partial charge in [-0.05, 0) is 39.0 Å². The Labute approximate surface area is 117 Å². The van der Waals surface area contributed by atoms with Gasteiger partial charge < -0.3 is 10.5 Å². The van der Waals surface area contributed by atoms with Gasteiger partial charge in [0.15, 0.2) is 0 Å². The third-order valence-electron chi connectivity index (χ3n) is 2.46. The molecule has 0 unspecified atom stereocenters. The van der Waals surface area contributed by atoms with E-state index in [-0.39, 0.29) is 6.10 Å². The SMILES string of the molecule is Cc1cc(Sc2cc(N)cc(OC(C)C)c2)n(C)n1. The molecule has 0 spiro atoms. The summed E-state index contributed by atoms with van der Waals surface area (Å²) >= 11 is 1.63. The smallest absolute Gasteiger partial charge is 0.122 e. The first-order chi connectivity index (χ1) is 8.94. The summed E-state index contributed by atoms with van der Waals surface area (Å²) in [4.78, 5) is 1.05. The number of benzene rings is 1. The number of nitrogen functional groups attached to an aromatic ring is 1. The molecule has 19 heavy (non-hydrogen) atoms. The Morgan fingerprint density at radius 3 is 2.58 bits per heavy atom. The summed E-state index contributed by atoms with van der Waals surface area (Å²) in [6.45, 7) is 5.98. The molecule has 1 aromatic carbocycles. The van der Waals surface area contributed by atoms with Crippen molar-refractivity contribution in [3.05, 3.63) is 30.0 Å². The average Bonchev–Trinajstić information content (AvgIpc) is 2.55. The van der Waals surface area contributed by atoms with Crippen molar-refractivity contribution in [2.24, 2.45) is 7.05 Å². The molecule has 4 nitrogen and oxygen atoms in total. The fourth-order valence-corrected chi connectivity index (χ4v) is 2.81. The van der Waals surface area contributed by atoms with Crippen molar-refractivity contribution in [2.75, 3.05) is 5.73 Å².